The van der Waals surface area contributed by atoms with E-state index in [0.717, 1.165) is 37.4 Å². The SMILES string of the molecule is CNC(=O)[C@]12C[C@@H](NC(=O)Cn3nc(C)cc3C)C[C@H]1CN(Cc1ccccc1)C2. The number of aromatic nitrogens is 2. The number of hydrogen-bond donors (Lipinski definition) is 2. The second-order valence-electron chi connectivity index (χ2n) is 8.88. The molecule has 1 aromatic carbocycles. The van der Waals surface area contributed by atoms with E-state index in [1.54, 1.807) is 11.7 Å². The first-order valence-corrected chi connectivity index (χ1v) is 10.7. The third-order valence-electron chi connectivity index (χ3n) is 6.64. The summed E-state index contributed by atoms with van der Waals surface area (Å²) in [5.41, 5.74) is 2.72. The Labute approximate surface area is 177 Å². The standard InChI is InChI=1S/C23H31N5O2/c1-16-9-17(2)28(26-16)14-21(29)25-20-10-19-13-27(12-18-7-5-4-6-8-18)15-23(19,11-20)22(30)24-3/h4-9,19-20H,10-15H2,1-3H3,(H,24,30)(H,25,29)/t19-,20-,23-/m0/s1. The number of hydrogen-bond acceptors (Lipinski definition) is 4. The second-order valence-corrected chi connectivity index (χ2v) is 8.88. The van der Waals surface area contributed by atoms with Crippen molar-refractivity contribution < 1.29 is 9.59 Å². The van der Waals surface area contributed by atoms with Gasteiger partial charge in [-0.05, 0) is 44.2 Å². The molecule has 2 fully saturated rings. The van der Waals surface area contributed by atoms with Crippen LogP contribution in [0.2, 0.25) is 0 Å². The molecule has 0 radical (unpaired) electrons. The number of fused-ring (bicyclic) bond motifs is 1. The van der Waals surface area contributed by atoms with Crippen LogP contribution in [0.25, 0.3) is 0 Å². The van der Waals surface area contributed by atoms with Crippen LogP contribution in [-0.4, -0.2) is 52.7 Å². The Balaban J connectivity index is 1.41. The number of likely N-dealkylation sites (tertiary alicyclic amines) is 1. The van der Waals surface area contributed by atoms with Gasteiger partial charge in [-0.15, -0.1) is 0 Å². The number of rotatable bonds is 6. The van der Waals surface area contributed by atoms with Gasteiger partial charge >= 0.3 is 0 Å². The number of aryl methyl sites for hydroxylation is 2. The summed E-state index contributed by atoms with van der Waals surface area (Å²) in [7, 11) is 1.71. The first-order chi connectivity index (χ1) is 14.4. The van der Waals surface area contributed by atoms with Gasteiger partial charge in [-0.3, -0.25) is 19.2 Å². The minimum atomic E-state index is -0.431. The van der Waals surface area contributed by atoms with Crippen LogP contribution in [0.3, 0.4) is 0 Å². The summed E-state index contributed by atoms with van der Waals surface area (Å²) in [5.74, 6) is 0.304. The van der Waals surface area contributed by atoms with Crippen LogP contribution in [-0.2, 0) is 22.7 Å². The quantitative estimate of drug-likeness (QED) is 0.760. The van der Waals surface area contributed by atoms with Crippen LogP contribution in [0.4, 0.5) is 0 Å². The normalized spacial score (nSPS) is 25.8. The Morgan fingerprint density at radius 2 is 2.00 bits per heavy atom. The molecule has 2 heterocycles. The molecule has 2 N–H and O–H groups in total. The smallest absolute Gasteiger partial charge is 0.241 e. The second kappa shape index (κ2) is 8.22. The van der Waals surface area contributed by atoms with E-state index in [9.17, 15) is 9.59 Å². The average molecular weight is 410 g/mol. The summed E-state index contributed by atoms with van der Waals surface area (Å²) in [4.78, 5) is 27.9. The monoisotopic (exact) mass is 409 g/mol. The van der Waals surface area contributed by atoms with Gasteiger partial charge in [0.15, 0.2) is 0 Å². The first kappa shape index (κ1) is 20.6. The maximum absolute atomic E-state index is 12.9. The zero-order valence-electron chi connectivity index (χ0n) is 18.0. The Kier molecular flexibility index (Phi) is 5.64. The molecule has 7 heteroatoms. The predicted octanol–water partition coefficient (Wildman–Crippen LogP) is 1.64. The molecule has 7 nitrogen and oxygen atoms in total. The number of nitrogens with one attached hydrogen (secondary N) is 2. The lowest BCUT2D eigenvalue weighted by Gasteiger charge is -2.27. The largest absolute Gasteiger partial charge is 0.359 e. The van der Waals surface area contributed by atoms with Gasteiger partial charge in [0.25, 0.3) is 0 Å². The Morgan fingerprint density at radius 1 is 1.23 bits per heavy atom. The van der Waals surface area contributed by atoms with Crippen molar-refractivity contribution in [2.45, 2.75) is 45.8 Å². The third kappa shape index (κ3) is 3.99. The van der Waals surface area contributed by atoms with E-state index >= 15 is 0 Å². The number of carbonyl (C=O) groups is 2. The molecule has 2 aromatic rings. The molecule has 0 bridgehead atoms. The predicted molar refractivity (Wildman–Crippen MR) is 115 cm³/mol. The fourth-order valence-corrected chi connectivity index (χ4v) is 5.39. The minimum absolute atomic E-state index is 0.0237. The number of carbonyl (C=O) groups excluding carboxylic acids is 2. The molecule has 30 heavy (non-hydrogen) atoms. The molecule has 0 spiro atoms. The summed E-state index contributed by atoms with van der Waals surface area (Å²) >= 11 is 0. The van der Waals surface area contributed by atoms with Gasteiger partial charge in [-0.1, -0.05) is 30.3 Å². The molecule has 1 aromatic heterocycles. The molecule has 160 valence electrons. The molecule has 2 aliphatic rings. The van der Waals surface area contributed by atoms with Crippen molar-refractivity contribution in [3.8, 4) is 0 Å². The molecule has 0 unspecified atom stereocenters. The highest BCUT2D eigenvalue weighted by Gasteiger charge is 2.57. The Bertz CT molecular complexity index is 925. The van der Waals surface area contributed by atoms with Crippen LogP contribution >= 0.6 is 0 Å². The highest BCUT2D eigenvalue weighted by molar-refractivity contribution is 5.84. The van der Waals surface area contributed by atoms with Gasteiger partial charge in [0.05, 0.1) is 11.1 Å². The van der Waals surface area contributed by atoms with Gasteiger partial charge in [-0.2, -0.15) is 5.10 Å². The van der Waals surface area contributed by atoms with Crippen molar-refractivity contribution in [3.05, 3.63) is 53.3 Å². The van der Waals surface area contributed by atoms with E-state index in [0.29, 0.717) is 6.42 Å². The molecule has 2 amide bonds. The fraction of sp³-hybridized carbons (Fsp3) is 0.522. The van der Waals surface area contributed by atoms with Gasteiger partial charge in [-0.25, -0.2) is 0 Å². The minimum Gasteiger partial charge on any atom is -0.359 e. The highest BCUT2D eigenvalue weighted by atomic mass is 16.2. The van der Waals surface area contributed by atoms with Crippen molar-refractivity contribution in [3.63, 3.8) is 0 Å². The molecule has 3 atom stereocenters. The third-order valence-corrected chi connectivity index (χ3v) is 6.64. The van der Waals surface area contributed by atoms with Crippen LogP contribution in [0, 0.1) is 25.2 Å². The van der Waals surface area contributed by atoms with Crippen LogP contribution in [0.1, 0.15) is 29.8 Å². The van der Waals surface area contributed by atoms with Gasteiger partial charge in [0.2, 0.25) is 11.8 Å². The van der Waals surface area contributed by atoms with Crippen molar-refractivity contribution in [2.75, 3.05) is 20.1 Å². The summed E-state index contributed by atoms with van der Waals surface area (Å²) in [6, 6.07) is 12.4. The van der Waals surface area contributed by atoms with E-state index in [1.807, 2.05) is 26.0 Å². The number of benzene rings is 1. The summed E-state index contributed by atoms with van der Waals surface area (Å²) in [6.07, 6.45) is 1.52. The van der Waals surface area contributed by atoms with Crippen molar-refractivity contribution in [1.29, 1.82) is 0 Å². The molecular weight excluding hydrogens is 378 g/mol. The zero-order valence-corrected chi connectivity index (χ0v) is 18.0. The molecule has 1 saturated carbocycles. The molecule has 1 aliphatic carbocycles. The van der Waals surface area contributed by atoms with Crippen LogP contribution < -0.4 is 10.6 Å². The summed E-state index contributed by atoms with van der Waals surface area (Å²) < 4.78 is 1.73. The summed E-state index contributed by atoms with van der Waals surface area (Å²) in [6.45, 7) is 6.56. The molecule has 4 rings (SSSR count). The van der Waals surface area contributed by atoms with Gasteiger partial charge in [0.1, 0.15) is 6.54 Å². The maximum atomic E-state index is 12.9. The van der Waals surface area contributed by atoms with Crippen LogP contribution in [0.15, 0.2) is 36.4 Å². The maximum Gasteiger partial charge on any atom is 0.241 e. The zero-order chi connectivity index (χ0) is 21.3. The topological polar surface area (TPSA) is 79.3 Å². The lowest BCUT2D eigenvalue weighted by molar-refractivity contribution is -0.131. The fourth-order valence-electron chi connectivity index (χ4n) is 5.39. The van der Waals surface area contributed by atoms with E-state index in [2.05, 4.69) is 44.9 Å². The van der Waals surface area contributed by atoms with Crippen molar-refractivity contribution >= 4 is 11.8 Å². The Hall–Kier alpha value is -2.67. The molecule has 1 saturated heterocycles. The van der Waals surface area contributed by atoms with Gasteiger partial charge in [0, 0.05) is 38.4 Å². The number of nitrogens with zero attached hydrogens (tertiary/aromatic N) is 3. The lowest BCUT2D eigenvalue weighted by atomic mass is 9.80. The average Bonchev–Trinajstić information content (AvgIpc) is 3.31. The van der Waals surface area contributed by atoms with E-state index in [-0.39, 0.29) is 30.3 Å². The van der Waals surface area contributed by atoms with Crippen molar-refractivity contribution in [1.82, 2.24) is 25.3 Å². The highest BCUT2D eigenvalue weighted by Crippen LogP contribution is 2.49. The van der Waals surface area contributed by atoms with E-state index in [4.69, 9.17) is 0 Å². The van der Waals surface area contributed by atoms with Crippen molar-refractivity contribution in [2.24, 2.45) is 11.3 Å². The van der Waals surface area contributed by atoms with Crippen LogP contribution in [0.5, 0.6) is 0 Å². The van der Waals surface area contributed by atoms with Gasteiger partial charge < -0.3 is 10.6 Å². The Morgan fingerprint density at radius 3 is 2.67 bits per heavy atom. The molecular formula is C23H31N5O2. The first-order valence-electron chi connectivity index (χ1n) is 10.7. The summed E-state index contributed by atoms with van der Waals surface area (Å²) in [5, 5.41) is 10.4. The van der Waals surface area contributed by atoms with E-state index in [1.165, 1.54) is 5.56 Å². The lowest BCUT2D eigenvalue weighted by Crippen LogP contribution is -2.44. The van der Waals surface area contributed by atoms with E-state index < -0.39 is 5.41 Å². The molecule has 1 aliphatic heterocycles. The number of amides is 2.